The van der Waals surface area contributed by atoms with E-state index in [2.05, 4.69) is 4.90 Å². The minimum absolute atomic E-state index is 0.217. The average molecular weight is 378 g/mol. The second kappa shape index (κ2) is 6.14. The van der Waals surface area contributed by atoms with E-state index in [0.29, 0.717) is 32.0 Å². The molecule has 0 amide bonds. The highest BCUT2D eigenvalue weighted by molar-refractivity contribution is 5.83. The quantitative estimate of drug-likeness (QED) is 0.884. The molecule has 144 valence electrons. The number of anilines is 2. The summed E-state index contributed by atoms with van der Waals surface area (Å²) in [6, 6.07) is 9.94. The van der Waals surface area contributed by atoms with E-state index >= 15 is 0 Å². The van der Waals surface area contributed by atoms with Crippen molar-refractivity contribution in [2.75, 3.05) is 43.3 Å². The van der Waals surface area contributed by atoms with Crippen LogP contribution in [-0.2, 0) is 10.9 Å². The smallest absolute Gasteiger partial charge is 0.383 e. The number of hydrogen-bond donors (Lipinski definition) is 1. The molecule has 1 N–H and O–H groups in total. The van der Waals surface area contributed by atoms with Gasteiger partial charge in [0.1, 0.15) is 5.60 Å². The van der Waals surface area contributed by atoms with Crippen LogP contribution in [0.2, 0.25) is 0 Å². The summed E-state index contributed by atoms with van der Waals surface area (Å²) in [6.45, 7) is 3.14. The van der Waals surface area contributed by atoms with Crippen LogP contribution in [0.15, 0.2) is 36.4 Å². The molecule has 2 aliphatic rings. The van der Waals surface area contributed by atoms with Crippen molar-refractivity contribution in [2.45, 2.75) is 18.7 Å². The number of nitrogens with zero attached hydrogens (tertiary/aromatic N) is 2. The molecule has 2 aliphatic heterocycles. The molecule has 0 saturated carbocycles. The zero-order valence-electron chi connectivity index (χ0n) is 15.2. The van der Waals surface area contributed by atoms with E-state index in [-0.39, 0.29) is 5.56 Å². The van der Waals surface area contributed by atoms with E-state index in [1.54, 1.807) is 6.07 Å². The standard InChI is InChI=1S/C20H21F3N2O2/c1-13-15(4-3-5-16(13)20(21,22)23)14-6-7-17-18(8-14)25(12-24(17)2)9-19(26)10-27-11-19/h3-8,26H,9-12H2,1-2H3. The van der Waals surface area contributed by atoms with E-state index in [9.17, 15) is 18.3 Å². The van der Waals surface area contributed by atoms with E-state index in [1.807, 2.05) is 30.1 Å². The molecule has 0 unspecified atom stereocenters. The summed E-state index contributed by atoms with van der Waals surface area (Å²) in [7, 11) is 1.95. The highest BCUT2D eigenvalue weighted by Gasteiger charge is 2.40. The molecule has 7 heteroatoms. The molecule has 0 bridgehead atoms. The first-order valence-electron chi connectivity index (χ1n) is 8.75. The number of halogens is 3. The van der Waals surface area contributed by atoms with Gasteiger partial charge >= 0.3 is 6.18 Å². The topological polar surface area (TPSA) is 35.9 Å². The zero-order chi connectivity index (χ0) is 19.4. The van der Waals surface area contributed by atoms with Crippen LogP contribution in [0, 0.1) is 6.92 Å². The fourth-order valence-electron chi connectivity index (χ4n) is 3.85. The fourth-order valence-corrected chi connectivity index (χ4v) is 3.85. The maximum absolute atomic E-state index is 13.3. The van der Waals surface area contributed by atoms with Crippen LogP contribution in [0.4, 0.5) is 24.5 Å². The van der Waals surface area contributed by atoms with Crippen molar-refractivity contribution >= 4 is 11.4 Å². The number of ether oxygens (including phenoxy) is 1. The Labute approximate surface area is 155 Å². The largest absolute Gasteiger partial charge is 0.416 e. The van der Waals surface area contributed by atoms with Crippen molar-refractivity contribution in [1.29, 1.82) is 0 Å². The summed E-state index contributed by atoms with van der Waals surface area (Å²) in [5.41, 5.74) is 1.93. The van der Waals surface area contributed by atoms with Gasteiger partial charge in [0, 0.05) is 7.05 Å². The van der Waals surface area contributed by atoms with E-state index in [1.165, 1.54) is 13.0 Å². The maximum atomic E-state index is 13.3. The Bertz CT molecular complexity index is 878. The van der Waals surface area contributed by atoms with E-state index in [0.717, 1.165) is 23.0 Å². The molecule has 0 radical (unpaired) electrons. The van der Waals surface area contributed by atoms with Crippen molar-refractivity contribution < 1.29 is 23.0 Å². The molecule has 4 rings (SSSR count). The maximum Gasteiger partial charge on any atom is 0.416 e. The first-order valence-corrected chi connectivity index (χ1v) is 8.75. The molecule has 0 aliphatic carbocycles. The normalized spacial score (nSPS) is 18.4. The molecule has 1 fully saturated rings. The molecule has 2 aromatic rings. The molecule has 1 saturated heterocycles. The molecule has 4 nitrogen and oxygen atoms in total. The van der Waals surface area contributed by atoms with Gasteiger partial charge in [-0.25, -0.2) is 0 Å². The number of benzene rings is 2. The third kappa shape index (κ3) is 3.15. The SMILES string of the molecule is Cc1c(-c2ccc3c(c2)N(CC2(O)COC2)CN3C)cccc1C(F)(F)F. The van der Waals surface area contributed by atoms with Crippen molar-refractivity contribution in [3.8, 4) is 11.1 Å². The molecule has 0 aromatic heterocycles. The number of rotatable bonds is 3. The molecular weight excluding hydrogens is 357 g/mol. The Morgan fingerprint density at radius 1 is 1.15 bits per heavy atom. The van der Waals surface area contributed by atoms with Crippen LogP contribution in [0.25, 0.3) is 11.1 Å². The predicted octanol–water partition coefficient (Wildman–Crippen LogP) is 3.66. The summed E-state index contributed by atoms with van der Waals surface area (Å²) in [5, 5.41) is 10.4. The average Bonchev–Trinajstić information content (AvgIpc) is 2.88. The second-order valence-corrected chi connectivity index (χ2v) is 7.43. The van der Waals surface area contributed by atoms with Gasteiger partial charge in [0.2, 0.25) is 0 Å². The highest BCUT2D eigenvalue weighted by Crippen LogP contribution is 2.41. The summed E-state index contributed by atoms with van der Waals surface area (Å²) in [4.78, 5) is 4.10. The van der Waals surface area contributed by atoms with Crippen LogP contribution >= 0.6 is 0 Å². The second-order valence-electron chi connectivity index (χ2n) is 7.43. The Hall–Kier alpha value is -2.25. The minimum atomic E-state index is -4.38. The van der Waals surface area contributed by atoms with Gasteiger partial charge in [-0.05, 0) is 41.8 Å². The Morgan fingerprint density at radius 3 is 2.52 bits per heavy atom. The minimum Gasteiger partial charge on any atom is -0.383 e. The molecule has 0 atom stereocenters. The molecule has 2 aromatic carbocycles. The van der Waals surface area contributed by atoms with E-state index in [4.69, 9.17) is 4.74 Å². The molecular formula is C20H21F3N2O2. The van der Waals surface area contributed by atoms with Gasteiger partial charge in [0.25, 0.3) is 0 Å². The van der Waals surface area contributed by atoms with Crippen LogP contribution in [-0.4, -0.2) is 44.2 Å². The summed E-state index contributed by atoms with van der Waals surface area (Å²) < 4.78 is 44.9. The van der Waals surface area contributed by atoms with Gasteiger partial charge in [-0.2, -0.15) is 13.2 Å². The third-order valence-corrected chi connectivity index (χ3v) is 5.29. The lowest BCUT2D eigenvalue weighted by Gasteiger charge is -2.39. The zero-order valence-corrected chi connectivity index (χ0v) is 15.2. The number of fused-ring (bicyclic) bond motifs is 1. The lowest BCUT2D eigenvalue weighted by atomic mass is 9.95. The van der Waals surface area contributed by atoms with Crippen LogP contribution in [0.1, 0.15) is 11.1 Å². The highest BCUT2D eigenvalue weighted by atomic mass is 19.4. The molecule has 2 heterocycles. The van der Waals surface area contributed by atoms with Gasteiger partial charge in [-0.1, -0.05) is 18.2 Å². The number of β-amino-alcohol motifs (C(OH)–C–C–N with tert-alkyl or cyclic N) is 1. The Morgan fingerprint density at radius 2 is 1.89 bits per heavy atom. The van der Waals surface area contributed by atoms with Crippen LogP contribution in [0.3, 0.4) is 0 Å². The van der Waals surface area contributed by atoms with Gasteiger partial charge in [0.05, 0.1) is 43.4 Å². The number of alkyl halides is 3. The summed E-state index contributed by atoms with van der Waals surface area (Å²) in [6.07, 6.45) is -4.38. The van der Waals surface area contributed by atoms with Crippen LogP contribution in [0.5, 0.6) is 0 Å². The first-order chi connectivity index (χ1) is 12.7. The fraction of sp³-hybridized carbons (Fsp3) is 0.400. The lowest BCUT2D eigenvalue weighted by Crippen LogP contribution is -2.57. The monoisotopic (exact) mass is 378 g/mol. The summed E-state index contributed by atoms with van der Waals surface area (Å²) >= 11 is 0. The summed E-state index contributed by atoms with van der Waals surface area (Å²) in [5.74, 6) is 0. The van der Waals surface area contributed by atoms with Crippen molar-refractivity contribution in [3.63, 3.8) is 0 Å². The van der Waals surface area contributed by atoms with Gasteiger partial charge in [0.15, 0.2) is 0 Å². The third-order valence-electron chi connectivity index (χ3n) is 5.29. The molecule has 0 spiro atoms. The number of aliphatic hydroxyl groups is 1. The van der Waals surface area contributed by atoms with Crippen molar-refractivity contribution in [2.24, 2.45) is 0 Å². The Balaban J connectivity index is 1.73. The molecule has 27 heavy (non-hydrogen) atoms. The van der Waals surface area contributed by atoms with Gasteiger partial charge in [-0.3, -0.25) is 0 Å². The van der Waals surface area contributed by atoms with Crippen LogP contribution < -0.4 is 9.80 Å². The number of hydrogen-bond acceptors (Lipinski definition) is 4. The first kappa shape index (κ1) is 18.1. The van der Waals surface area contributed by atoms with Crippen molar-refractivity contribution in [1.82, 2.24) is 0 Å². The Kier molecular flexibility index (Phi) is 4.12. The van der Waals surface area contributed by atoms with E-state index < -0.39 is 17.3 Å². The lowest BCUT2D eigenvalue weighted by molar-refractivity contribution is -0.171. The van der Waals surface area contributed by atoms with Gasteiger partial charge in [-0.15, -0.1) is 0 Å². The van der Waals surface area contributed by atoms with Crippen molar-refractivity contribution in [3.05, 3.63) is 47.5 Å². The van der Waals surface area contributed by atoms with Gasteiger partial charge < -0.3 is 19.6 Å². The predicted molar refractivity (Wildman–Crippen MR) is 98.0 cm³/mol.